The molecule has 0 unspecified atom stereocenters. The highest BCUT2D eigenvalue weighted by Gasteiger charge is 2.02. The summed E-state index contributed by atoms with van der Waals surface area (Å²) in [7, 11) is 0. The van der Waals surface area contributed by atoms with E-state index in [2.05, 4.69) is 35.3 Å². The summed E-state index contributed by atoms with van der Waals surface area (Å²) in [5, 5.41) is 0. The third-order valence-corrected chi connectivity index (χ3v) is 2.90. The molecule has 0 saturated heterocycles. The third-order valence-electron chi connectivity index (χ3n) is 2.90. The Hall–Kier alpha value is -2.35. The first-order valence-electron chi connectivity index (χ1n) is 5.90. The Kier molecular flexibility index (Phi) is 2.69. The Bertz CT molecular complexity index is 622. The summed E-state index contributed by atoms with van der Waals surface area (Å²) in [6, 6.07) is 16.2. The first kappa shape index (κ1) is 10.8. The Morgan fingerprint density at radius 2 is 1.67 bits per heavy atom. The van der Waals surface area contributed by atoms with Gasteiger partial charge in [0.25, 0.3) is 0 Å². The van der Waals surface area contributed by atoms with E-state index in [-0.39, 0.29) is 0 Å². The monoisotopic (exact) mass is 235 g/mol. The topological polar surface area (TPSA) is 26.0 Å². The Morgan fingerprint density at radius 3 is 2.28 bits per heavy atom. The van der Waals surface area contributed by atoms with Crippen LogP contribution in [-0.2, 0) is 0 Å². The minimum atomic E-state index is 0.887. The van der Waals surface area contributed by atoms with E-state index in [4.69, 9.17) is 4.42 Å². The lowest BCUT2D eigenvalue weighted by Gasteiger charge is -2.02. The summed E-state index contributed by atoms with van der Waals surface area (Å²) >= 11 is 0. The largest absolute Gasteiger partial charge is 0.464 e. The van der Waals surface area contributed by atoms with Gasteiger partial charge < -0.3 is 4.42 Å². The summed E-state index contributed by atoms with van der Waals surface area (Å²) in [6.07, 6.45) is 3.57. The Balaban J connectivity index is 1.94. The first-order chi connectivity index (χ1) is 8.83. The van der Waals surface area contributed by atoms with Gasteiger partial charge in [0.2, 0.25) is 0 Å². The lowest BCUT2D eigenvalue weighted by Crippen LogP contribution is -1.84. The molecule has 0 fully saturated rings. The van der Waals surface area contributed by atoms with Crippen molar-refractivity contribution in [3.05, 3.63) is 66.6 Å². The highest BCUT2D eigenvalue weighted by atomic mass is 16.3. The smallest absolute Gasteiger partial charge is 0.133 e. The van der Waals surface area contributed by atoms with Gasteiger partial charge in [-0.3, -0.25) is 4.98 Å². The molecule has 2 aromatic heterocycles. The Morgan fingerprint density at radius 1 is 0.889 bits per heavy atom. The molecule has 2 nitrogen and oxygen atoms in total. The normalized spacial score (nSPS) is 10.5. The maximum Gasteiger partial charge on any atom is 0.133 e. The molecule has 3 aromatic rings. The van der Waals surface area contributed by atoms with Gasteiger partial charge in [0, 0.05) is 17.3 Å². The van der Waals surface area contributed by atoms with Gasteiger partial charge in [-0.1, -0.05) is 30.3 Å². The molecular weight excluding hydrogens is 222 g/mol. The van der Waals surface area contributed by atoms with Gasteiger partial charge in [-0.15, -0.1) is 0 Å². The van der Waals surface area contributed by atoms with Crippen molar-refractivity contribution in [1.29, 1.82) is 0 Å². The molecule has 2 heteroatoms. The molecule has 3 rings (SSSR count). The minimum Gasteiger partial charge on any atom is -0.464 e. The molecule has 0 aliphatic carbocycles. The second-order valence-corrected chi connectivity index (χ2v) is 4.28. The van der Waals surface area contributed by atoms with Crippen LogP contribution in [-0.4, -0.2) is 4.98 Å². The second-order valence-electron chi connectivity index (χ2n) is 4.28. The van der Waals surface area contributed by atoms with Crippen molar-refractivity contribution < 1.29 is 4.42 Å². The van der Waals surface area contributed by atoms with Crippen molar-refractivity contribution >= 4 is 0 Å². The average molecular weight is 235 g/mol. The zero-order valence-corrected chi connectivity index (χ0v) is 10.1. The number of hydrogen-bond donors (Lipinski definition) is 0. The molecule has 18 heavy (non-hydrogen) atoms. The molecule has 88 valence electrons. The molecule has 0 N–H and O–H groups in total. The summed E-state index contributed by atoms with van der Waals surface area (Å²) in [5.74, 6) is 0.887. The average Bonchev–Trinajstić information content (AvgIpc) is 2.94. The van der Waals surface area contributed by atoms with E-state index in [1.165, 1.54) is 5.56 Å². The molecule has 0 radical (unpaired) electrons. The van der Waals surface area contributed by atoms with Crippen LogP contribution in [0.3, 0.4) is 0 Å². The van der Waals surface area contributed by atoms with Gasteiger partial charge in [-0.2, -0.15) is 0 Å². The van der Waals surface area contributed by atoms with E-state index >= 15 is 0 Å². The summed E-state index contributed by atoms with van der Waals surface area (Å²) in [6.45, 7) is 2.04. The maximum absolute atomic E-state index is 5.37. The lowest BCUT2D eigenvalue weighted by atomic mass is 10.1. The van der Waals surface area contributed by atoms with Crippen LogP contribution < -0.4 is 0 Å². The zero-order chi connectivity index (χ0) is 12.4. The van der Waals surface area contributed by atoms with Gasteiger partial charge >= 0.3 is 0 Å². The predicted octanol–water partition coefficient (Wildman–Crippen LogP) is 4.32. The van der Waals surface area contributed by atoms with E-state index in [9.17, 15) is 0 Å². The highest BCUT2D eigenvalue weighted by Crippen LogP contribution is 2.24. The number of benzene rings is 1. The number of aromatic nitrogens is 1. The fourth-order valence-corrected chi connectivity index (χ4v) is 1.89. The molecule has 0 bridgehead atoms. The number of nitrogens with zero attached hydrogens (tertiary/aromatic N) is 1. The zero-order valence-electron chi connectivity index (χ0n) is 10.1. The van der Waals surface area contributed by atoms with E-state index in [1.54, 1.807) is 6.26 Å². The Labute approximate surface area is 106 Å². The van der Waals surface area contributed by atoms with Gasteiger partial charge in [0.05, 0.1) is 12.0 Å². The predicted molar refractivity (Wildman–Crippen MR) is 72.1 cm³/mol. The molecular formula is C16H13NO. The molecule has 2 heterocycles. The van der Waals surface area contributed by atoms with Crippen LogP contribution in [0.2, 0.25) is 0 Å². The van der Waals surface area contributed by atoms with Crippen LogP contribution in [0.4, 0.5) is 0 Å². The SMILES string of the molecule is Cc1ccc(-c2ccc(-c3ccco3)cc2)nc1. The number of pyridine rings is 1. The van der Waals surface area contributed by atoms with Gasteiger partial charge in [0.1, 0.15) is 5.76 Å². The van der Waals surface area contributed by atoms with Gasteiger partial charge in [-0.25, -0.2) is 0 Å². The molecule has 0 aliphatic rings. The first-order valence-corrected chi connectivity index (χ1v) is 5.90. The quantitative estimate of drug-likeness (QED) is 0.661. The second kappa shape index (κ2) is 4.49. The number of furan rings is 1. The van der Waals surface area contributed by atoms with Crippen LogP contribution in [0, 0.1) is 6.92 Å². The third kappa shape index (κ3) is 2.05. The van der Waals surface area contributed by atoms with Gasteiger partial charge in [-0.05, 0) is 30.7 Å². The maximum atomic E-state index is 5.37. The minimum absolute atomic E-state index is 0.887. The van der Waals surface area contributed by atoms with E-state index in [0.717, 1.165) is 22.6 Å². The van der Waals surface area contributed by atoms with Gasteiger partial charge in [0.15, 0.2) is 0 Å². The molecule has 0 aliphatic heterocycles. The van der Waals surface area contributed by atoms with Crippen molar-refractivity contribution in [3.63, 3.8) is 0 Å². The van der Waals surface area contributed by atoms with Crippen molar-refractivity contribution in [2.75, 3.05) is 0 Å². The molecule has 0 spiro atoms. The number of aryl methyl sites for hydroxylation is 1. The summed E-state index contributed by atoms with van der Waals surface area (Å²) < 4.78 is 5.37. The summed E-state index contributed by atoms with van der Waals surface area (Å²) in [5.41, 5.74) is 4.36. The van der Waals surface area contributed by atoms with Crippen LogP contribution in [0.15, 0.2) is 65.4 Å². The molecule has 0 amide bonds. The van der Waals surface area contributed by atoms with E-state index in [1.807, 2.05) is 31.3 Å². The van der Waals surface area contributed by atoms with Crippen LogP contribution in [0.25, 0.3) is 22.6 Å². The lowest BCUT2D eigenvalue weighted by molar-refractivity contribution is 0.582. The van der Waals surface area contributed by atoms with Crippen molar-refractivity contribution in [2.45, 2.75) is 6.92 Å². The van der Waals surface area contributed by atoms with E-state index in [0.29, 0.717) is 0 Å². The van der Waals surface area contributed by atoms with Crippen LogP contribution in [0.5, 0.6) is 0 Å². The highest BCUT2D eigenvalue weighted by molar-refractivity contribution is 5.65. The molecule has 0 saturated carbocycles. The molecule has 0 atom stereocenters. The van der Waals surface area contributed by atoms with Crippen molar-refractivity contribution in [1.82, 2.24) is 4.98 Å². The molecule has 1 aromatic carbocycles. The van der Waals surface area contributed by atoms with E-state index < -0.39 is 0 Å². The standard InChI is InChI=1S/C16H13NO/c1-12-4-9-15(17-11-12)13-5-7-14(8-6-13)16-3-2-10-18-16/h2-11H,1H3. The fourth-order valence-electron chi connectivity index (χ4n) is 1.89. The van der Waals surface area contributed by atoms with Crippen molar-refractivity contribution in [2.24, 2.45) is 0 Å². The van der Waals surface area contributed by atoms with Crippen LogP contribution >= 0.6 is 0 Å². The van der Waals surface area contributed by atoms with Crippen LogP contribution in [0.1, 0.15) is 5.56 Å². The number of rotatable bonds is 2. The fraction of sp³-hybridized carbons (Fsp3) is 0.0625. The number of hydrogen-bond acceptors (Lipinski definition) is 2. The van der Waals surface area contributed by atoms with Crippen molar-refractivity contribution in [3.8, 4) is 22.6 Å². The summed E-state index contributed by atoms with van der Waals surface area (Å²) in [4.78, 5) is 4.42.